The molecular weight excluding hydrogens is 231 g/mol. The molecule has 0 aliphatic rings. The van der Waals surface area contributed by atoms with E-state index in [0.29, 0.717) is 6.42 Å². The molecule has 1 rings (SSSR count). The predicted octanol–water partition coefficient (Wildman–Crippen LogP) is 2.41. The highest BCUT2D eigenvalue weighted by atomic mass is 19.1. The van der Waals surface area contributed by atoms with Crippen LogP contribution in [0.5, 0.6) is 0 Å². The first-order valence-electron chi connectivity index (χ1n) is 6.37. The van der Waals surface area contributed by atoms with Crippen molar-refractivity contribution in [1.82, 2.24) is 5.43 Å². The van der Waals surface area contributed by atoms with Crippen LogP contribution in [0.3, 0.4) is 0 Å². The summed E-state index contributed by atoms with van der Waals surface area (Å²) in [5.41, 5.74) is 3.42. The minimum atomic E-state index is -0.318. The van der Waals surface area contributed by atoms with Gasteiger partial charge in [0.05, 0.1) is 11.6 Å². The molecule has 0 radical (unpaired) electrons. The maximum atomic E-state index is 13.2. The third-order valence-electron chi connectivity index (χ3n) is 3.77. The molecule has 18 heavy (non-hydrogen) atoms. The third-order valence-corrected chi connectivity index (χ3v) is 3.77. The topological polar surface area (TPSA) is 47.3 Å². The van der Waals surface area contributed by atoms with Gasteiger partial charge in [0, 0.05) is 7.11 Å². The summed E-state index contributed by atoms with van der Waals surface area (Å²) >= 11 is 0. The van der Waals surface area contributed by atoms with E-state index in [4.69, 9.17) is 10.6 Å². The predicted molar refractivity (Wildman–Crippen MR) is 71.5 cm³/mol. The Bertz CT molecular complexity index is 358. The van der Waals surface area contributed by atoms with E-state index in [1.165, 1.54) is 12.1 Å². The lowest BCUT2D eigenvalue weighted by molar-refractivity contribution is -0.0473. The van der Waals surface area contributed by atoms with Crippen LogP contribution in [-0.2, 0) is 11.2 Å². The molecule has 0 aromatic heterocycles. The highest BCUT2D eigenvalue weighted by Gasteiger charge is 2.35. The Labute approximate surface area is 108 Å². The Kier molecular flexibility index (Phi) is 5.72. The van der Waals surface area contributed by atoms with Crippen LogP contribution in [0.25, 0.3) is 0 Å². The van der Waals surface area contributed by atoms with Crippen molar-refractivity contribution in [2.24, 2.45) is 5.84 Å². The standard InChI is InChI=1S/C14H23FN2O/c1-4-14(5-2,18-3)13(17-16)10-11-7-6-8-12(15)9-11/h6-9,13,17H,4-5,10,16H2,1-3H3. The van der Waals surface area contributed by atoms with E-state index in [1.54, 1.807) is 13.2 Å². The van der Waals surface area contributed by atoms with Crippen molar-refractivity contribution < 1.29 is 9.13 Å². The van der Waals surface area contributed by atoms with Crippen LogP contribution in [0.1, 0.15) is 32.3 Å². The number of methoxy groups -OCH3 is 1. The van der Waals surface area contributed by atoms with Gasteiger partial charge >= 0.3 is 0 Å². The summed E-state index contributed by atoms with van der Waals surface area (Å²) in [5, 5.41) is 0. The molecule has 1 aromatic carbocycles. The smallest absolute Gasteiger partial charge is 0.123 e. The zero-order valence-electron chi connectivity index (χ0n) is 11.4. The van der Waals surface area contributed by atoms with Gasteiger partial charge in [-0.15, -0.1) is 0 Å². The average Bonchev–Trinajstić information content (AvgIpc) is 2.40. The van der Waals surface area contributed by atoms with Crippen molar-refractivity contribution >= 4 is 0 Å². The summed E-state index contributed by atoms with van der Waals surface area (Å²) in [5.74, 6) is 5.42. The number of benzene rings is 1. The number of hydrazine groups is 1. The molecule has 3 N–H and O–H groups in total. The van der Waals surface area contributed by atoms with Crippen LogP contribution in [-0.4, -0.2) is 18.8 Å². The molecule has 102 valence electrons. The van der Waals surface area contributed by atoms with E-state index in [2.05, 4.69) is 19.3 Å². The molecule has 0 fully saturated rings. The number of halogens is 1. The lowest BCUT2D eigenvalue weighted by Gasteiger charge is -2.38. The average molecular weight is 254 g/mol. The highest BCUT2D eigenvalue weighted by molar-refractivity contribution is 5.18. The zero-order chi connectivity index (χ0) is 13.6. The van der Waals surface area contributed by atoms with E-state index in [9.17, 15) is 4.39 Å². The second kappa shape index (κ2) is 6.83. The van der Waals surface area contributed by atoms with E-state index in [1.807, 2.05) is 6.07 Å². The number of nitrogens with one attached hydrogen (secondary N) is 1. The summed E-state index contributed by atoms with van der Waals surface area (Å²) < 4.78 is 18.8. The fourth-order valence-corrected chi connectivity index (χ4v) is 2.47. The van der Waals surface area contributed by atoms with Crippen molar-refractivity contribution in [2.45, 2.75) is 44.8 Å². The minimum Gasteiger partial charge on any atom is -0.377 e. The van der Waals surface area contributed by atoms with Crippen molar-refractivity contribution in [3.63, 3.8) is 0 Å². The largest absolute Gasteiger partial charge is 0.377 e. The molecule has 1 aromatic rings. The van der Waals surface area contributed by atoms with E-state index in [0.717, 1.165) is 18.4 Å². The Hall–Kier alpha value is -0.970. The first kappa shape index (κ1) is 15.1. The molecule has 0 amide bonds. The summed E-state index contributed by atoms with van der Waals surface area (Å²) in [6.45, 7) is 4.14. The fourth-order valence-electron chi connectivity index (χ4n) is 2.47. The van der Waals surface area contributed by atoms with Crippen LogP contribution >= 0.6 is 0 Å². The van der Waals surface area contributed by atoms with Crippen molar-refractivity contribution in [1.29, 1.82) is 0 Å². The van der Waals surface area contributed by atoms with Gasteiger partial charge in [-0.05, 0) is 37.0 Å². The molecule has 1 atom stereocenters. The Morgan fingerprint density at radius 3 is 2.50 bits per heavy atom. The molecule has 0 heterocycles. The van der Waals surface area contributed by atoms with Crippen LogP contribution in [0.15, 0.2) is 24.3 Å². The van der Waals surface area contributed by atoms with Crippen LogP contribution in [0.4, 0.5) is 4.39 Å². The van der Waals surface area contributed by atoms with Gasteiger partial charge in [0.1, 0.15) is 5.82 Å². The van der Waals surface area contributed by atoms with Crippen LogP contribution in [0.2, 0.25) is 0 Å². The number of hydrogen-bond donors (Lipinski definition) is 2. The van der Waals surface area contributed by atoms with Crippen LogP contribution < -0.4 is 11.3 Å². The fraction of sp³-hybridized carbons (Fsp3) is 0.571. The molecule has 0 saturated carbocycles. The number of nitrogens with two attached hydrogens (primary N) is 1. The summed E-state index contributed by atoms with van der Waals surface area (Å²) in [6, 6.07) is 6.55. The maximum Gasteiger partial charge on any atom is 0.123 e. The molecule has 0 saturated heterocycles. The summed E-state index contributed by atoms with van der Waals surface area (Å²) in [4.78, 5) is 0. The van der Waals surface area contributed by atoms with Gasteiger partial charge in [0.15, 0.2) is 0 Å². The Balaban J connectivity index is 2.90. The normalized spacial score (nSPS) is 13.6. The zero-order valence-corrected chi connectivity index (χ0v) is 11.4. The molecule has 1 unspecified atom stereocenters. The van der Waals surface area contributed by atoms with E-state index < -0.39 is 0 Å². The molecule has 0 spiro atoms. The number of hydrogen-bond acceptors (Lipinski definition) is 3. The van der Waals surface area contributed by atoms with Crippen LogP contribution in [0, 0.1) is 5.82 Å². The second-order valence-electron chi connectivity index (χ2n) is 4.53. The van der Waals surface area contributed by atoms with Gasteiger partial charge in [0.2, 0.25) is 0 Å². The number of ether oxygens (including phenoxy) is 1. The van der Waals surface area contributed by atoms with Gasteiger partial charge in [-0.3, -0.25) is 11.3 Å². The van der Waals surface area contributed by atoms with Gasteiger partial charge in [-0.25, -0.2) is 4.39 Å². The first-order valence-corrected chi connectivity index (χ1v) is 6.37. The monoisotopic (exact) mass is 254 g/mol. The van der Waals surface area contributed by atoms with Crippen molar-refractivity contribution in [2.75, 3.05) is 7.11 Å². The Morgan fingerprint density at radius 2 is 2.06 bits per heavy atom. The third kappa shape index (κ3) is 3.28. The van der Waals surface area contributed by atoms with Crippen molar-refractivity contribution in [3.8, 4) is 0 Å². The molecular formula is C14H23FN2O. The molecule has 0 bridgehead atoms. The second-order valence-corrected chi connectivity index (χ2v) is 4.53. The first-order chi connectivity index (χ1) is 8.61. The lowest BCUT2D eigenvalue weighted by atomic mass is 9.85. The Morgan fingerprint density at radius 1 is 1.39 bits per heavy atom. The summed E-state index contributed by atoms with van der Waals surface area (Å²) in [6.07, 6.45) is 2.35. The number of rotatable bonds is 7. The van der Waals surface area contributed by atoms with Gasteiger partial charge in [-0.2, -0.15) is 0 Å². The molecule has 0 aliphatic heterocycles. The summed E-state index contributed by atoms with van der Waals surface area (Å²) in [7, 11) is 1.70. The van der Waals surface area contributed by atoms with E-state index >= 15 is 0 Å². The maximum absolute atomic E-state index is 13.2. The lowest BCUT2D eigenvalue weighted by Crippen LogP contribution is -2.55. The SMILES string of the molecule is CCC(CC)(OC)C(Cc1cccc(F)c1)NN. The molecule has 4 heteroatoms. The van der Waals surface area contributed by atoms with Gasteiger partial charge < -0.3 is 4.74 Å². The highest BCUT2D eigenvalue weighted by Crippen LogP contribution is 2.26. The molecule has 0 aliphatic carbocycles. The quantitative estimate of drug-likeness (QED) is 0.580. The van der Waals surface area contributed by atoms with E-state index in [-0.39, 0.29) is 17.5 Å². The molecule has 3 nitrogen and oxygen atoms in total. The van der Waals surface area contributed by atoms with Gasteiger partial charge in [0.25, 0.3) is 0 Å². The van der Waals surface area contributed by atoms with Gasteiger partial charge in [-0.1, -0.05) is 26.0 Å². The minimum absolute atomic E-state index is 0.0423. The van der Waals surface area contributed by atoms with Crippen molar-refractivity contribution in [3.05, 3.63) is 35.6 Å².